The first-order valence-corrected chi connectivity index (χ1v) is 14.1. The molecule has 42 heavy (non-hydrogen) atoms. The third-order valence-corrected chi connectivity index (χ3v) is 7.45. The normalized spacial score (nSPS) is 17.5. The van der Waals surface area contributed by atoms with E-state index < -0.39 is 29.4 Å². The van der Waals surface area contributed by atoms with Crippen molar-refractivity contribution in [2.75, 3.05) is 47.9 Å². The Morgan fingerprint density at radius 3 is 2.43 bits per heavy atom. The summed E-state index contributed by atoms with van der Waals surface area (Å²) >= 11 is 0. The van der Waals surface area contributed by atoms with Crippen LogP contribution in [0.2, 0.25) is 0 Å². The number of aromatic nitrogens is 2. The van der Waals surface area contributed by atoms with Crippen LogP contribution in [0.4, 0.5) is 26.1 Å². The Bertz CT molecular complexity index is 1410. The molecule has 0 unspecified atom stereocenters. The van der Waals surface area contributed by atoms with Crippen LogP contribution in [0, 0.1) is 17.6 Å². The number of carboxylic acid groups (broad SMARTS) is 1. The average Bonchev–Trinajstić information content (AvgIpc) is 2.98. The molecule has 222 valence electrons. The number of nitrogens with zero attached hydrogens (tertiary/aromatic N) is 4. The van der Waals surface area contributed by atoms with Crippen LogP contribution in [0.25, 0.3) is 0 Å². The third-order valence-electron chi connectivity index (χ3n) is 7.45. The summed E-state index contributed by atoms with van der Waals surface area (Å²) < 4.78 is 41.9. The van der Waals surface area contributed by atoms with Gasteiger partial charge in [0.05, 0.1) is 31.5 Å². The molecule has 0 saturated carbocycles. The molecule has 2 aliphatic rings. The lowest BCUT2D eigenvalue weighted by Crippen LogP contribution is -2.41. The van der Waals surface area contributed by atoms with E-state index in [0.717, 1.165) is 31.5 Å². The van der Waals surface area contributed by atoms with Gasteiger partial charge in [-0.1, -0.05) is 12.1 Å². The molecule has 0 aliphatic carbocycles. The van der Waals surface area contributed by atoms with E-state index >= 15 is 0 Å². The second-order valence-electron chi connectivity index (χ2n) is 10.3. The van der Waals surface area contributed by atoms with Crippen molar-refractivity contribution < 1.29 is 33.0 Å². The molecule has 0 radical (unpaired) electrons. The fourth-order valence-corrected chi connectivity index (χ4v) is 5.35. The maximum atomic E-state index is 15.0. The van der Waals surface area contributed by atoms with Gasteiger partial charge in [0, 0.05) is 25.2 Å². The fourth-order valence-electron chi connectivity index (χ4n) is 5.35. The minimum absolute atomic E-state index is 0.111. The van der Waals surface area contributed by atoms with Gasteiger partial charge in [0.25, 0.3) is 5.91 Å². The van der Waals surface area contributed by atoms with E-state index in [2.05, 4.69) is 15.3 Å². The lowest BCUT2D eigenvalue weighted by Gasteiger charge is -2.33. The molecule has 2 saturated heterocycles. The molecule has 5 rings (SSSR count). The Hall–Kier alpha value is -4.48. The highest BCUT2D eigenvalue weighted by Gasteiger charge is 2.29. The summed E-state index contributed by atoms with van der Waals surface area (Å²) in [6.45, 7) is 4.14. The molecule has 2 aliphatic heterocycles. The van der Waals surface area contributed by atoms with Gasteiger partial charge in [-0.15, -0.1) is 0 Å². The van der Waals surface area contributed by atoms with Gasteiger partial charge in [-0.05, 0) is 56.9 Å². The number of hydrogen-bond acceptors (Lipinski definition) is 8. The van der Waals surface area contributed by atoms with E-state index in [9.17, 15) is 23.5 Å². The summed E-state index contributed by atoms with van der Waals surface area (Å²) in [5.41, 5.74) is -0.469. The van der Waals surface area contributed by atoms with Crippen molar-refractivity contribution >= 4 is 29.2 Å². The predicted octanol–water partition coefficient (Wildman–Crippen LogP) is 4.75. The van der Waals surface area contributed by atoms with Gasteiger partial charge in [0.1, 0.15) is 29.2 Å². The minimum Gasteiger partial charge on any atom is -0.490 e. The zero-order valence-corrected chi connectivity index (χ0v) is 23.3. The molecule has 2 N–H and O–H groups in total. The van der Waals surface area contributed by atoms with Crippen LogP contribution >= 0.6 is 0 Å². The second kappa shape index (κ2) is 13.0. The number of aliphatic carboxylic acids is 1. The Kier molecular flexibility index (Phi) is 8.99. The van der Waals surface area contributed by atoms with Crippen molar-refractivity contribution in [3.63, 3.8) is 0 Å². The first-order chi connectivity index (χ1) is 20.3. The highest BCUT2D eigenvalue weighted by atomic mass is 19.1. The first kappa shape index (κ1) is 29.0. The maximum absolute atomic E-state index is 15.0. The summed E-state index contributed by atoms with van der Waals surface area (Å²) in [5.74, 6) is -1.92. The second-order valence-corrected chi connectivity index (χ2v) is 10.3. The quantitative estimate of drug-likeness (QED) is 0.369. The van der Waals surface area contributed by atoms with Gasteiger partial charge in [-0.2, -0.15) is 0 Å². The molecule has 10 nitrogen and oxygen atoms in total. The van der Waals surface area contributed by atoms with Crippen molar-refractivity contribution in [3.05, 3.63) is 66.0 Å². The van der Waals surface area contributed by atoms with E-state index in [0.29, 0.717) is 30.5 Å². The van der Waals surface area contributed by atoms with Gasteiger partial charge in [0.2, 0.25) is 0 Å². The van der Waals surface area contributed by atoms with Crippen LogP contribution < -0.4 is 24.6 Å². The third kappa shape index (κ3) is 6.69. The molecule has 12 heteroatoms. The number of nitrogens with one attached hydrogen (secondary N) is 1. The van der Waals surface area contributed by atoms with Crippen LogP contribution in [0.1, 0.15) is 43.0 Å². The first-order valence-electron chi connectivity index (χ1n) is 14.1. The van der Waals surface area contributed by atoms with E-state index in [1.54, 1.807) is 6.20 Å². The molecular weight excluding hydrogens is 548 g/mol. The molecule has 1 atom stereocenters. The average molecular weight is 582 g/mol. The molecular formula is C30H33F2N5O5. The topological polar surface area (TPSA) is 117 Å². The number of benzene rings is 2. The van der Waals surface area contributed by atoms with Crippen molar-refractivity contribution in [2.24, 2.45) is 5.92 Å². The molecule has 1 aromatic heterocycles. The van der Waals surface area contributed by atoms with Crippen molar-refractivity contribution in [1.82, 2.24) is 9.97 Å². The monoisotopic (exact) mass is 581 g/mol. The number of carbonyl (C=O) groups excluding carboxylic acids is 1. The fraction of sp³-hybridized carbons (Fsp3) is 0.400. The van der Waals surface area contributed by atoms with Crippen molar-refractivity contribution in [3.8, 4) is 11.5 Å². The summed E-state index contributed by atoms with van der Waals surface area (Å²) in [7, 11) is 0. The highest BCUT2D eigenvalue weighted by molar-refractivity contribution is 6.04. The van der Waals surface area contributed by atoms with Gasteiger partial charge in [-0.25, -0.2) is 13.8 Å². The molecule has 2 fully saturated rings. The molecule has 0 bridgehead atoms. The number of piperidine rings is 2. The Labute approximate surface area is 242 Å². The lowest BCUT2D eigenvalue weighted by molar-refractivity contribution is -0.142. The van der Waals surface area contributed by atoms with E-state index in [1.807, 2.05) is 36.1 Å². The van der Waals surface area contributed by atoms with Crippen molar-refractivity contribution in [2.45, 2.75) is 38.7 Å². The standard InChI is InChI=1S/C30H33F2N5O5/c1-2-41-24-7-3-4-8-25(24)42-21-6-5-11-37(18-21)27-17-33-16-26(34-27)35-29(38)20-14-22(31)28(23(32)15-20)36-12-9-19(10-13-36)30(39)40/h3-4,7-8,14-17,19,21H,2,5-6,9-13,18H2,1H3,(H,39,40)(H,34,35,38)/t21-/m1/s1. The Morgan fingerprint density at radius 1 is 1.02 bits per heavy atom. The van der Waals surface area contributed by atoms with E-state index in [1.165, 1.54) is 11.1 Å². The number of rotatable bonds is 9. The summed E-state index contributed by atoms with van der Waals surface area (Å²) in [4.78, 5) is 36.3. The van der Waals surface area contributed by atoms with Gasteiger partial charge >= 0.3 is 5.97 Å². The van der Waals surface area contributed by atoms with Crippen LogP contribution in [-0.4, -0.2) is 65.8 Å². The number of carbonyl (C=O) groups is 2. The molecule has 0 spiro atoms. The summed E-state index contributed by atoms with van der Waals surface area (Å²) in [5, 5.41) is 11.8. The summed E-state index contributed by atoms with van der Waals surface area (Å²) in [6.07, 6.45) is 5.13. The number of hydrogen-bond donors (Lipinski definition) is 2. The smallest absolute Gasteiger partial charge is 0.306 e. The summed E-state index contributed by atoms with van der Waals surface area (Å²) in [6, 6.07) is 9.48. The van der Waals surface area contributed by atoms with Crippen molar-refractivity contribution in [1.29, 1.82) is 0 Å². The maximum Gasteiger partial charge on any atom is 0.306 e. The number of ether oxygens (including phenoxy) is 2. The van der Waals surface area contributed by atoms with Gasteiger partial charge in [0.15, 0.2) is 17.3 Å². The van der Waals surface area contributed by atoms with Crippen LogP contribution in [0.3, 0.4) is 0 Å². The zero-order chi connectivity index (χ0) is 29.6. The Balaban J connectivity index is 1.24. The van der Waals surface area contributed by atoms with E-state index in [4.69, 9.17) is 9.47 Å². The number of halogens is 2. The van der Waals surface area contributed by atoms with Crippen LogP contribution in [0.5, 0.6) is 11.5 Å². The largest absolute Gasteiger partial charge is 0.490 e. The van der Waals surface area contributed by atoms with Crippen LogP contribution in [-0.2, 0) is 4.79 Å². The molecule has 3 aromatic rings. The number of carboxylic acids is 1. The number of anilines is 3. The highest BCUT2D eigenvalue weighted by Crippen LogP contribution is 2.31. The van der Waals surface area contributed by atoms with E-state index in [-0.39, 0.29) is 49.1 Å². The number of amides is 1. The molecule has 1 amide bonds. The lowest BCUT2D eigenvalue weighted by atomic mass is 9.96. The predicted molar refractivity (Wildman–Crippen MR) is 152 cm³/mol. The number of para-hydroxylation sites is 2. The van der Waals surface area contributed by atoms with Gasteiger partial charge < -0.3 is 29.7 Å². The molecule has 3 heterocycles. The molecule has 2 aromatic carbocycles. The van der Waals surface area contributed by atoms with Crippen LogP contribution in [0.15, 0.2) is 48.8 Å². The Morgan fingerprint density at radius 2 is 1.74 bits per heavy atom. The minimum atomic E-state index is -0.911. The SMILES string of the molecule is CCOc1ccccc1O[C@@H]1CCCN(c2cncc(NC(=O)c3cc(F)c(N4CCC(C(=O)O)CC4)c(F)c3)n2)C1. The van der Waals surface area contributed by atoms with Gasteiger partial charge in [-0.3, -0.25) is 14.6 Å². The zero-order valence-electron chi connectivity index (χ0n) is 23.3.